The number of carboxylic acids is 4. The molecular formula is C39H65N5O15. The van der Waals surface area contributed by atoms with E-state index in [-0.39, 0.29) is 44.4 Å². The average molecular weight is 844 g/mol. The Morgan fingerprint density at radius 2 is 0.746 bits per heavy atom. The van der Waals surface area contributed by atoms with Gasteiger partial charge in [-0.3, -0.25) is 28.8 Å². The number of carboxylic acid groups (broad SMARTS) is 4. The summed E-state index contributed by atoms with van der Waals surface area (Å²) in [4.78, 5) is 106. The lowest BCUT2D eigenvalue weighted by atomic mass is 10.0. The molecule has 0 aromatic carbocycles. The van der Waals surface area contributed by atoms with Crippen LogP contribution < -0.4 is 27.0 Å². The molecule has 0 bridgehead atoms. The standard InChI is InChI=1S/C39H65N5O15/c40-29(45)21-17-26(36(52)53)42-32(48)23-19-28(38(56)57)44-33(49)24-20-27(37(54)55)43-31(47)22-18-25(35-39(58)59-35)41-30(46)15-13-11-9-7-5-3-1-2-4-6-8-10-12-14-16-34(50)51/h25-28,35,39,58H,1-24H2,(H2,40,45)(H,41,46)(H,42,48)(H,43,47)(H,44,49)(H,50,51)(H,52,53)(H,54,55)(H,56,57). The first-order valence-corrected chi connectivity index (χ1v) is 20.7. The summed E-state index contributed by atoms with van der Waals surface area (Å²) in [5.41, 5.74) is 5.00. The van der Waals surface area contributed by atoms with E-state index < -0.39 is 110 Å². The molecule has 20 heteroatoms. The van der Waals surface area contributed by atoms with Crippen molar-refractivity contribution in [3.8, 4) is 0 Å². The summed E-state index contributed by atoms with van der Waals surface area (Å²) in [5, 5.41) is 56.2. The number of aliphatic hydroxyl groups is 1. The van der Waals surface area contributed by atoms with E-state index in [4.69, 9.17) is 15.6 Å². The Kier molecular flexibility index (Phi) is 26.7. The summed E-state index contributed by atoms with van der Waals surface area (Å²) < 4.78 is 5.11. The summed E-state index contributed by atoms with van der Waals surface area (Å²) in [6.45, 7) is 0. The van der Waals surface area contributed by atoms with E-state index in [9.17, 15) is 63.6 Å². The number of nitrogens with two attached hydrogens (primary N) is 1. The molecule has 0 radical (unpaired) electrons. The van der Waals surface area contributed by atoms with Gasteiger partial charge in [0.25, 0.3) is 0 Å². The first-order valence-electron chi connectivity index (χ1n) is 20.7. The largest absolute Gasteiger partial charge is 0.481 e. The maximum Gasteiger partial charge on any atom is 0.326 e. The van der Waals surface area contributed by atoms with Crippen LogP contribution in [0.5, 0.6) is 0 Å². The van der Waals surface area contributed by atoms with Gasteiger partial charge < -0.3 is 57.3 Å². The van der Waals surface area contributed by atoms with Gasteiger partial charge in [-0.1, -0.05) is 77.0 Å². The van der Waals surface area contributed by atoms with Gasteiger partial charge in [-0.05, 0) is 38.5 Å². The second-order valence-electron chi connectivity index (χ2n) is 15.0. The van der Waals surface area contributed by atoms with E-state index in [1.807, 2.05) is 0 Å². The highest BCUT2D eigenvalue weighted by Crippen LogP contribution is 2.25. The predicted molar refractivity (Wildman–Crippen MR) is 209 cm³/mol. The molecule has 1 heterocycles. The normalized spacial score (nSPS) is 16.4. The van der Waals surface area contributed by atoms with Crippen molar-refractivity contribution < 1.29 is 73.4 Å². The van der Waals surface area contributed by atoms with Crippen molar-refractivity contribution in [3.05, 3.63) is 0 Å². The first-order chi connectivity index (χ1) is 28.0. The van der Waals surface area contributed by atoms with Gasteiger partial charge in [0.15, 0.2) is 6.29 Å². The number of aliphatic carboxylic acids is 4. The predicted octanol–water partition coefficient (Wildman–Crippen LogP) is 1.83. The van der Waals surface area contributed by atoms with Crippen LogP contribution in [0, 0.1) is 0 Å². The van der Waals surface area contributed by atoms with Crippen molar-refractivity contribution in [2.75, 3.05) is 0 Å². The Labute approximate surface area is 344 Å². The molecule has 1 aliphatic rings. The molecule has 1 aliphatic heterocycles. The van der Waals surface area contributed by atoms with Gasteiger partial charge in [0.1, 0.15) is 24.2 Å². The number of carbonyl (C=O) groups excluding carboxylic acids is 5. The van der Waals surface area contributed by atoms with Crippen molar-refractivity contribution in [1.29, 1.82) is 0 Å². The Bertz CT molecular complexity index is 1380. The van der Waals surface area contributed by atoms with Crippen LogP contribution in [-0.4, -0.2) is 116 Å². The minimum absolute atomic E-state index is 0.0329. The number of unbranched alkanes of at least 4 members (excludes halogenated alkanes) is 13. The highest BCUT2D eigenvalue weighted by atomic mass is 16.7. The molecule has 0 aromatic heterocycles. The number of rotatable bonds is 37. The van der Waals surface area contributed by atoms with Crippen LogP contribution in [0.25, 0.3) is 0 Å². The van der Waals surface area contributed by atoms with E-state index in [0.29, 0.717) is 6.42 Å². The molecule has 59 heavy (non-hydrogen) atoms. The second kappa shape index (κ2) is 30.2. The number of ether oxygens (including phenoxy) is 1. The zero-order valence-corrected chi connectivity index (χ0v) is 33.8. The molecule has 1 rings (SSSR count). The van der Waals surface area contributed by atoms with Crippen molar-refractivity contribution in [1.82, 2.24) is 21.3 Å². The number of aliphatic hydroxyl groups excluding tert-OH is 1. The molecule has 1 fully saturated rings. The lowest BCUT2D eigenvalue weighted by Gasteiger charge is -2.19. The molecule has 20 nitrogen and oxygen atoms in total. The van der Waals surface area contributed by atoms with Gasteiger partial charge in [-0.15, -0.1) is 0 Å². The average Bonchev–Trinajstić information content (AvgIpc) is 3.90. The van der Waals surface area contributed by atoms with Crippen LogP contribution in [0.2, 0.25) is 0 Å². The quantitative estimate of drug-likeness (QED) is 0.0315. The van der Waals surface area contributed by atoms with Crippen LogP contribution in [0.3, 0.4) is 0 Å². The molecule has 0 aliphatic carbocycles. The third-order valence-corrected chi connectivity index (χ3v) is 9.87. The maximum absolute atomic E-state index is 12.7. The fraction of sp³-hybridized carbons (Fsp3) is 0.769. The molecule has 336 valence electrons. The Hall–Kier alpha value is -4.85. The number of hydrogen-bond acceptors (Lipinski definition) is 11. The number of primary amides is 1. The van der Waals surface area contributed by atoms with Crippen LogP contribution in [0.4, 0.5) is 0 Å². The Morgan fingerprint density at radius 3 is 1.07 bits per heavy atom. The van der Waals surface area contributed by atoms with Gasteiger partial charge in [0, 0.05) is 38.5 Å². The van der Waals surface area contributed by atoms with Crippen LogP contribution >= 0.6 is 0 Å². The van der Waals surface area contributed by atoms with E-state index >= 15 is 0 Å². The monoisotopic (exact) mass is 843 g/mol. The number of epoxide rings is 1. The number of amides is 5. The van der Waals surface area contributed by atoms with Crippen LogP contribution in [0.1, 0.15) is 154 Å². The summed E-state index contributed by atoms with van der Waals surface area (Å²) >= 11 is 0. The van der Waals surface area contributed by atoms with Gasteiger partial charge in [-0.2, -0.15) is 0 Å². The van der Waals surface area contributed by atoms with E-state index in [1.165, 1.54) is 32.1 Å². The number of hydrogen-bond donors (Lipinski definition) is 10. The molecule has 0 aromatic rings. The molecular weight excluding hydrogens is 778 g/mol. The Morgan fingerprint density at radius 1 is 0.441 bits per heavy atom. The van der Waals surface area contributed by atoms with E-state index in [1.54, 1.807) is 0 Å². The summed E-state index contributed by atoms with van der Waals surface area (Å²) in [7, 11) is 0. The lowest BCUT2D eigenvalue weighted by molar-refractivity contribution is -0.144. The minimum Gasteiger partial charge on any atom is -0.481 e. The smallest absolute Gasteiger partial charge is 0.326 e. The highest BCUT2D eigenvalue weighted by Gasteiger charge is 2.44. The minimum atomic E-state index is -1.58. The first kappa shape index (κ1) is 52.2. The van der Waals surface area contributed by atoms with Gasteiger partial charge in [-0.25, -0.2) is 14.4 Å². The van der Waals surface area contributed by atoms with Gasteiger partial charge in [0.05, 0.1) is 6.04 Å². The van der Waals surface area contributed by atoms with Crippen LogP contribution in [-0.2, 0) is 47.9 Å². The topological polar surface area (TPSA) is 341 Å². The lowest BCUT2D eigenvalue weighted by Crippen LogP contribution is -2.45. The van der Waals surface area contributed by atoms with Gasteiger partial charge in [0.2, 0.25) is 29.5 Å². The number of carbonyl (C=O) groups is 9. The van der Waals surface area contributed by atoms with Crippen molar-refractivity contribution >= 4 is 53.4 Å². The highest BCUT2D eigenvalue weighted by molar-refractivity contribution is 5.87. The zero-order valence-electron chi connectivity index (χ0n) is 33.8. The molecule has 5 amide bonds. The van der Waals surface area contributed by atoms with Crippen LogP contribution in [0.15, 0.2) is 0 Å². The molecule has 6 unspecified atom stereocenters. The summed E-state index contributed by atoms with van der Waals surface area (Å²) in [6.07, 6.45) is 10.7. The SMILES string of the molecule is NC(=O)CCC(NC(=O)CCC(NC(=O)CCC(NC(=O)CCC(NC(=O)CCCCCCCCCCCCCCCCC(=O)O)C1OC1O)C(=O)O)C(=O)O)C(=O)O. The maximum atomic E-state index is 12.7. The molecule has 11 N–H and O–H groups in total. The Balaban J connectivity index is 2.36. The molecule has 6 atom stereocenters. The fourth-order valence-electron chi connectivity index (χ4n) is 6.39. The van der Waals surface area contributed by atoms with E-state index in [0.717, 1.165) is 51.4 Å². The van der Waals surface area contributed by atoms with Crippen molar-refractivity contribution in [2.45, 2.75) is 191 Å². The fourth-order valence-corrected chi connectivity index (χ4v) is 6.39. The molecule has 1 saturated heterocycles. The van der Waals surface area contributed by atoms with Gasteiger partial charge >= 0.3 is 23.9 Å². The van der Waals surface area contributed by atoms with E-state index in [2.05, 4.69) is 21.3 Å². The third kappa shape index (κ3) is 26.7. The molecule has 0 saturated carbocycles. The van der Waals surface area contributed by atoms with Crippen molar-refractivity contribution in [2.24, 2.45) is 5.73 Å². The zero-order chi connectivity index (χ0) is 44.2. The summed E-state index contributed by atoms with van der Waals surface area (Å²) in [6, 6.07) is -5.24. The molecule has 0 spiro atoms. The van der Waals surface area contributed by atoms with Crippen molar-refractivity contribution in [3.63, 3.8) is 0 Å². The summed E-state index contributed by atoms with van der Waals surface area (Å²) in [5.74, 6) is -8.60. The number of nitrogens with one attached hydrogen (secondary N) is 4. The second-order valence-corrected chi connectivity index (χ2v) is 15.0. The third-order valence-electron chi connectivity index (χ3n) is 9.87.